The van der Waals surface area contributed by atoms with Crippen molar-refractivity contribution in [2.45, 2.75) is 32.2 Å². The van der Waals surface area contributed by atoms with Crippen LogP contribution in [-0.4, -0.2) is 32.2 Å². The Morgan fingerprint density at radius 2 is 2.16 bits per heavy atom. The van der Waals surface area contributed by atoms with Gasteiger partial charge in [0, 0.05) is 35.3 Å². The molecule has 7 nitrogen and oxygen atoms in total. The summed E-state index contributed by atoms with van der Waals surface area (Å²) in [6.07, 6.45) is 9.72. The highest BCUT2D eigenvalue weighted by molar-refractivity contribution is 7.19. The number of nitrogens with one attached hydrogen (secondary N) is 1. The predicted molar refractivity (Wildman–Crippen MR) is 125 cm³/mol. The summed E-state index contributed by atoms with van der Waals surface area (Å²) >= 11 is 1.69. The number of thiophene rings is 1. The zero-order valence-electron chi connectivity index (χ0n) is 17.3. The third-order valence-electron chi connectivity index (χ3n) is 6.23. The first-order valence-corrected chi connectivity index (χ1v) is 11.5. The Hall–Kier alpha value is -3.52. The molecule has 4 heterocycles. The molecule has 1 N–H and O–H groups in total. The molecule has 6 rings (SSSR count). The highest BCUT2D eigenvalue weighted by Crippen LogP contribution is 2.40. The molecule has 1 aromatic carbocycles. The molecule has 0 bridgehead atoms. The number of rotatable bonds is 5. The first-order valence-electron chi connectivity index (χ1n) is 10.7. The number of anilines is 2. The Kier molecular flexibility index (Phi) is 4.72. The molecule has 0 saturated heterocycles. The maximum atomic E-state index is 12.9. The van der Waals surface area contributed by atoms with Crippen molar-refractivity contribution in [3.63, 3.8) is 0 Å². The molecule has 3 aromatic heterocycles. The molecule has 1 aliphatic heterocycles. The Bertz CT molecular complexity index is 1360. The molecular weight excluding hydrogens is 420 g/mol. The Morgan fingerprint density at radius 3 is 3.06 bits per heavy atom. The highest BCUT2D eigenvalue weighted by atomic mass is 32.1. The van der Waals surface area contributed by atoms with Crippen molar-refractivity contribution in [3.05, 3.63) is 70.1 Å². The number of nitrogens with zero attached hydrogens (tertiary/aromatic N) is 5. The van der Waals surface area contributed by atoms with Crippen LogP contribution in [0.2, 0.25) is 0 Å². The van der Waals surface area contributed by atoms with E-state index in [4.69, 9.17) is 0 Å². The van der Waals surface area contributed by atoms with Crippen LogP contribution in [0.4, 0.5) is 11.5 Å². The monoisotopic (exact) mass is 440 g/mol. The molecule has 0 radical (unpaired) electrons. The van der Waals surface area contributed by atoms with E-state index in [-0.39, 0.29) is 11.7 Å². The smallest absolute Gasteiger partial charge is 0.142 e. The minimum Gasteiger partial charge on any atom is -0.340 e. The minimum atomic E-state index is 0.0316. The van der Waals surface area contributed by atoms with Gasteiger partial charge in [0.2, 0.25) is 0 Å². The van der Waals surface area contributed by atoms with E-state index in [1.807, 2.05) is 12.3 Å². The van der Waals surface area contributed by atoms with Crippen LogP contribution in [0.25, 0.3) is 10.2 Å². The third kappa shape index (κ3) is 3.46. The molecule has 8 heteroatoms. The molecule has 1 unspecified atom stereocenters. The molecule has 0 saturated carbocycles. The first kappa shape index (κ1) is 19.2. The molecule has 1 atom stereocenters. The van der Waals surface area contributed by atoms with Crippen LogP contribution in [0.15, 0.2) is 48.0 Å². The summed E-state index contributed by atoms with van der Waals surface area (Å²) in [5.41, 5.74) is 5.59. The van der Waals surface area contributed by atoms with Gasteiger partial charge in [-0.25, -0.2) is 9.97 Å². The standard InChI is InChI=1S/C24H20N6OS/c31-20(7-14-5-6-28-29-10-14)15-2-4-19-21(9-15)32-24-22(19)23(26-13-27-24)30-18-3-1-16-11-25-12-17(16)8-18/h1,3,5-6,8,10,12-13,15H,2,4,7,9,11H2,(H,26,27,30). The lowest BCUT2D eigenvalue weighted by Gasteiger charge is -2.21. The number of hydrogen-bond acceptors (Lipinski definition) is 8. The van der Waals surface area contributed by atoms with E-state index >= 15 is 0 Å². The van der Waals surface area contributed by atoms with Crippen LogP contribution >= 0.6 is 11.3 Å². The molecule has 2 aliphatic rings. The van der Waals surface area contributed by atoms with Gasteiger partial charge in [-0.3, -0.25) is 9.79 Å². The number of aliphatic imine (C=N–C) groups is 1. The van der Waals surface area contributed by atoms with Gasteiger partial charge in [-0.1, -0.05) is 6.07 Å². The molecule has 0 spiro atoms. The third-order valence-corrected chi connectivity index (χ3v) is 7.39. The van der Waals surface area contributed by atoms with Crippen LogP contribution in [0.1, 0.15) is 33.6 Å². The van der Waals surface area contributed by atoms with Crippen LogP contribution < -0.4 is 5.32 Å². The minimum absolute atomic E-state index is 0.0316. The summed E-state index contributed by atoms with van der Waals surface area (Å²) in [6.45, 7) is 0.753. The van der Waals surface area contributed by atoms with E-state index in [2.05, 4.69) is 48.7 Å². The van der Waals surface area contributed by atoms with Crippen molar-refractivity contribution >= 4 is 45.1 Å². The molecule has 0 fully saturated rings. The number of carbonyl (C=O) groups is 1. The van der Waals surface area contributed by atoms with E-state index in [1.54, 1.807) is 30.1 Å². The summed E-state index contributed by atoms with van der Waals surface area (Å²) < 4.78 is 0. The van der Waals surface area contributed by atoms with Gasteiger partial charge in [0.25, 0.3) is 0 Å². The lowest BCUT2D eigenvalue weighted by Crippen LogP contribution is -2.23. The largest absolute Gasteiger partial charge is 0.340 e. The number of carbonyl (C=O) groups excluding carboxylic acids is 1. The summed E-state index contributed by atoms with van der Waals surface area (Å²) in [7, 11) is 0. The van der Waals surface area contributed by atoms with E-state index in [1.165, 1.54) is 16.0 Å². The number of ketones is 1. The first-order chi connectivity index (χ1) is 15.7. The highest BCUT2D eigenvalue weighted by Gasteiger charge is 2.29. The number of aromatic nitrogens is 4. The Balaban J connectivity index is 1.27. The topological polar surface area (TPSA) is 93.0 Å². The summed E-state index contributed by atoms with van der Waals surface area (Å²) in [5.74, 6) is 1.13. The van der Waals surface area contributed by atoms with Gasteiger partial charge in [0.15, 0.2) is 0 Å². The number of fused-ring (bicyclic) bond motifs is 4. The second kappa shape index (κ2) is 7.87. The quantitative estimate of drug-likeness (QED) is 0.503. The fourth-order valence-electron chi connectivity index (χ4n) is 4.56. The molecule has 32 heavy (non-hydrogen) atoms. The average molecular weight is 441 g/mol. The number of benzene rings is 1. The lowest BCUT2D eigenvalue weighted by atomic mass is 9.83. The zero-order chi connectivity index (χ0) is 21.5. The van der Waals surface area contributed by atoms with E-state index < -0.39 is 0 Å². The van der Waals surface area contributed by atoms with Crippen LogP contribution in [0, 0.1) is 5.92 Å². The predicted octanol–water partition coefficient (Wildman–Crippen LogP) is 4.07. The molecule has 0 amide bonds. The van der Waals surface area contributed by atoms with Gasteiger partial charge in [-0.05, 0) is 59.7 Å². The van der Waals surface area contributed by atoms with Gasteiger partial charge in [-0.2, -0.15) is 10.2 Å². The van der Waals surface area contributed by atoms with Crippen molar-refractivity contribution < 1.29 is 4.79 Å². The fourth-order valence-corrected chi connectivity index (χ4v) is 5.83. The van der Waals surface area contributed by atoms with Crippen molar-refractivity contribution in [3.8, 4) is 0 Å². The van der Waals surface area contributed by atoms with Gasteiger partial charge < -0.3 is 5.32 Å². The lowest BCUT2D eigenvalue weighted by molar-refractivity contribution is -0.122. The summed E-state index contributed by atoms with van der Waals surface area (Å²) in [4.78, 5) is 28.5. The number of hydrogen-bond donors (Lipinski definition) is 1. The van der Waals surface area contributed by atoms with Crippen molar-refractivity contribution in [1.29, 1.82) is 0 Å². The Morgan fingerprint density at radius 1 is 1.19 bits per heavy atom. The summed E-state index contributed by atoms with van der Waals surface area (Å²) in [5, 5.41) is 12.3. The van der Waals surface area contributed by atoms with Crippen LogP contribution in [-0.2, 0) is 30.6 Å². The van der Waals surface area contributed by atoms with E-state index in [9.17, 15) is 4.79 Å². The van der Waals surface area contributed by atoms with E-state index in [0.29, 0.717) is 6.42 Å². The number of aryl methyl sites for hydroxylation is 1. The Labute approximate surface area is 188 Å². The normalized spacial score (nSPS) is 16.7. The second-order valence-corrected chi connectivity index (χ2v) is 9.33. The van der Waals surface area contributed by atoms with Gasteiger partial charge in [-0.15, -0.1) is 11.3 Å². The van der Waals surface area contributed by atoms with Crippen molar-refractivity contribution in [1.82, 2.24) is 20.2 Å². The summed E-state index contributed by atoms with van der Waals surface area (Å²) in [6, 6.07) is 8.15. The molecule has 4 aromatic rings. The zero-order valence-corrected chi connectivity index (χ0v) is 18.1. The number of Topliss-reactive ketones (excluding diaryl/α,β-unsaturated/α-hetero) is 1. The van der Waals surface area contributed by atoms with Crippen LogP contribution in [0.5, 0.6) is 0 Å². The molecule has 1 aliphatic carbocycles. The van der Waals surface area contributed by atoms with Gasteiger partial charge in [0.1, 0.15) is 22.8 Å². The van der Waals surface area contributed by atoms with Crippen molar-refractivity contribution in [2.75, 3.05) is 5.32 Å². The van der Waals surface area contributed by atoms with E-state index in [0.717, 1.165) is 58.7 Å². The van der Waals surface area contributed by atoms with Gasteiger partial charge >= 0.3 is 0 Å². The van der Waals surface area contributed by atoms with Crippen molar-refractivity contribution in [2.24, 2.45) is 10.9 Å². The molecular formula is C24H20N6OS. The van der Waals surface area contributed by atoms with Gasteiger partial charge in [0.05, 0.1) is 18.1 Å². The SMILES string of the molecule is O=C(Cc1ccnnc1)C1CCc2c(sc3ncnc(Nc4ccc5c(c4)C=NC5)c23)C1. The van der Waals surface area contributed by atoms with Crippen LogP contribution in [0.3, 0.4) is 0 Å². The fraction of sp³-hybridized carbons (Fsp3) is 0.250. The maximum absolute atomic E-state index is 12.9. The average Bonchev–Trinajstić information content (AvgIpc) is 3.43. The molecule has 158 valence electrons. The second-order valence-electron chi connectivity index (χ2n) is 8.25. The maximum Gasteiger partial charge on any atom is 0.142 e.